The number of rotatable bonds is 5. The fourth-order valence-corrected chi connectivity index (χ4v) is 3.74. The number of hydrogen-bond donors (Lipinski definition) is 1. The number of fused-ring (bicyclic) bond motifs is 1. The summed E-state index contributed by atoms with van der Waals surface area (Å²) in [4.78, 5) is 16.1. The minimum absolute atomic E-state index is 0.0836. The monoisotopic (exact) mass is 394 g/mol. The number of nitrogens with zero attached hydrogens (tertiary/aromatic N) is 1. The summed E-state index contributed by atoms with van der Waals surface area (Å²) < 4.78 is 0.859. The molecule has 0 radical (unpaired) electrons. The van der Waals surface area contributed by atoms with Gasteiger partial charge in [-0.15, -0.1) is 0 Å². The Labute approximate surface area is 139 Å². The molecule has 0 bridgehead atoms. The number of amides is 1. The molecule has 2 aromatic rings. The molecule has 0 saturated carbocycles. The molecule has 0 saturated heterocycles. The van der Waals surface area contributed by atoms with Crippen LogP contribution in [0.25, 0.3) is 10.2 Å². The summed E-state index contributed by atoms with van der Waals surface area (Å²) in [5, 5.41) is 4.40. The van der Waals surface area contributed by atoms with Crippen molar-refractivity contribution in [3.05, 3.63) is 22.2 Å². The first-order valence-electron chi connectivity index (χ1n) is 6.21. The highest BCUT2D eigenvalue weighted by Gasteiger charge is 2.17. The minimum atomic E-state index is -0.200. The van der Waals surface area contributed by atoms with E-state index in [0.29, 0.717) is 20.7 Å². The van der Waals surface area contributed by atoms with Gasteiger partial charge in [-0.3, -0.25) is 4.79 Å². The average Bonchev–Trinajstić information content (AvgIpc) is 2.78. The molecule has 7 heteroatoms. The number of thiazole rings is 1. The summed E-state index contributed by atoms with van der Waals surface area (Å²) in [6, 6.07) is 3.43. The molecule has 1 aromatic heterocycles. The molecule has 2 rings (SSSR count). The van der Waals surface area contributed by atoms with Gasteiger partial charge in [0.05, 0.1) is 14.5 Å². The molecule has 1 amide bonds. The second-order valence-electron chi connectivity index (χ2n) is 4.35. The van der Waals surface area contributed by atoms with Crippen LogP contribution in [0.1, 0.15) is 26.2 Å². The van der Waals surface area contributed by atoms with Gasteiger partial charge in [-0.1, -0.05) is 70.2 Å². The van der Waals surface area contributed by atoms with Crippen molar-refractivity contribution in [1.29, 1.82) is 0 Å². The van der Waals surface area contributed by atoms with Gasteiger partial charge < -0.3 is 5.32 Å². The van der Waals surface area contributed by atoms with Gasteiger partial charge in [0.25, 0.3) is 0 Å². The van der Waals surface area contributed by atoms with Crippen molar-refractivity contribution in [3.8, 4) is 0 Å². The smallest absolute Gasteiger partial charge is 0.239 e. The first-order valence-corrected chi connectivity index (χ1v) is 8.70. The third-order valence-corrected chi connectivity index (χ3v) is 5.04. The molecular weight excluding hydrogens is 383 g/mol. The van der Waals surface area contributed by atoms with Gasteiger partial charge in [-0.05, 0) is 18.6 Å². The molecule has 1 heterocycles. The van der Waals surface area contributed by atoms with Gasteiger partial charge in [0.1, 0.15) is 5.52 Å². The molecule has 0 fully saturated rings. The molecule has 1 atom stereocenters. The van der Waals surface area contributed by atoms with Crippen molar-refractivity contribution in [2.24, 2.45) is 0 Å². The van der Waals surface area contributed by atoms with Crippen LogP contribution in [0.5, 0.6) is 0 Å². The molecule has 0 unspecified atom stereocenters. The predicted molar refractivity (Wildman–Crippen MR) is 90.5 cm³/mol. The van der Waals surface area contributed by atoms with E-state index in [4.69, 9.17) is 23.2 Å². The van der Waals surface area contributed by atoms with Gasteiger partial charge >= 0.3 is 0 Å². The zero-order valence-electron chi connectivity index (χ0n) is 10.8. The fraction of sp³-hybridized carbons (Fsp3) is 0.385. The summed E-state index contributed by atoms with van der Waals surface area (Å²) in [6.07, 6.45) is 2.87. The van der Waals surface area contributed by atoms with Crippen molar-refractivity contribution >= 4 is 71.7 Å². The molecule has 0 aliphatic heterocycles. The van der Waals surface area contributed by atoms with Gasteiger partial charge in [0.2, 0.25) is 5.91 Å². The maximum absolute atomic E-state index is 12.0. The molecule has 20 heavy (non-hydrogen) atoms. The lowest BCUT2D eigenvalue weighted by molar-refractivity contribution is -0.115. The Bertz CT molecular complexity index is 632. The molecule has 0 aliphatic carbocycles. The Morgan fingerprint density at radius 2 is 2.25 bits per heavy atom. The third kappa shape index (κ3) is 3.85. The normalized spacial score (nSPS) is 12.6. The Hall–Kier alpha value is -0.360. The zero-order chi connectivity index (χ0) is 14.7. The molecule has 3 nitrogen and oxygen atoms in total. The van der Waals surface area contributed by atoms with Crippen LogP contribution >= 0.6 is 50.5 Å². The topological polar surface area (TPSA) is 42.0 Å². The van der Waals surface area contributed by atoms with E-state index in [1.165, 1.54) is 11.3 Å². The summed E-state index contributed by atoms with van der Waals surface area (Å²) in [5.74, 6) is -0.0836. The summed E-state index contributed by atoms with van der Waals surface area (Å²) >= 11 is 16.8. The Kier molecular flexibility index (Phi) is 5.66. The van der Waals surface area contributed by atoms with Crippen LogP contribution in [0, 0.1) is 0 Å². The molecule has 1 aromatic carbocycles. The minimum Gasteiger partial charge on any atom is -0.301 e. The van der Waals surface area contributed by atoms with E-state index in [1.807, 2.05) is 0 Å². The number of hydrogen-bond acceptors (Lipinski definition) is 3. The lowest BCUT2D eigenvalue weighted by atomic mass is 10.2. The van der Waals surface area contributed by atoms with E-state index in [0.717, 1.165) is 24.0 Å². The number of carbonyl (C=O) groups is 1. The standard InChI is InChI=1S/C13H13BrCl2N2OS/c1-2-3-4-8(14)12(19)18-13-17-11-9(16)5-7(15)6-10(11)20-13/h5-6,8H,2-4H2,1H3,(H,17,18,19)/t8-/m1/s1. The predicted octanol–water partition coefficient (Wildman–Crippen LogP) is 5.50. The van der Waals surface area contributed by atoms with Gasteiger partial charge in [0.15, 0.2) is 5.13 Å². The number of anilines is 1. The number of carbonyl (C=O) groups excluding carboxylic acids is 1. The van der Waals surface area contributed by atoms with Crippen LogP contribution in [-0.4, -0.2) is 15.7 Å². The van der Waals surface area contributed by atoms with Gasteiger partial charge in [0, 0.05) is 5.02 Å². The first kappa shape index (κ1) is 16.0. The van der Waals surface area contributed by atoms with E-state index in [2.05, 4.69) is 33.2 Å². The lowest BCUT2D eigenvalue weighted by Gasteiger charge is -2.07. The number of nitrogens with one attached hydrogen (secondary N) is 1. The van der Waals surface area contributed by atoms with E-state index in [1.54, 1.807) is 12.1 Å². The average molecular weight is 396 g/mol. The quantitative estimate of drug-likeness (QED) is 0.679. The molecule has 1 N–H and O–H groups in total. The second-order valence-corrected chi connectivity index (χ2v) is 7.33. The summed E-state index contributed by atoms with van der Waals surface area (Å²) in [7, 11) is 0. The SMILES string of the molecule is CCCC[C@@H](Br)C(=O)Nc1nc2c(Cl)cc(Cl)cc2s1. The van der Waals surface area contributed by atoms with Crippen LogP contribution in [0.4, 0.5) is 5.13 Å². The molecule has 0 aliphatic rings. The number of benzene rings is 1. The molecule has 108 valence electrons. The molecular formula is C13H13BrCl2N2OS. The van der Waals surface area contributed by atoms with E-state index in [-0.39, 0.29) is 10.7 Å². The van der Waals surface area contributed by atoms with E-state index in [9.17, 15) is 4.79 Å². The van der Waals surface area contributed by atoms with Crippen molar-refractivity contribution in [2.45, 2.75) is 31.0 Å². The largest absolute Gasteiger partial charge is 0.301 e. The van der Waals surface area contributed by atoms with Crippen LogP contribution < -0.4 is 5.32 Å². The maximum atomic E-state index is 12.0. The van der Waals surface area contributed by atoms with Gasteiger partial charge in [-0.25, -0.2) is 4.98 Å². The fourth-order valence-electron chi connectivity index (χ4n) is 1.71. The van der Waals surface area contributed by atoms with Crippen molar-refractivity contribution in [3.63, 3.8) is 0 Å². The molecule has 0 spiro atoms. The third-order valence-electron chi connectivity index (χ3n) is 2.74. The van der Waals surface area contributed by atoms with Crippen LogP contribution in [-0.2, 0) is 4.79 Å². The summed E-state index contributed by atoms with van der Waals surface area (Å²) in [6.45, 7) is 2.09. The number of alkyl halides is 1. The Balaban J connectivity index is 2.14. The van der Waals surface area contributed by atoms with E-state index >= 15 is 0 Å². The van der Waals surface area contributed by atoms with Gasteiger partial charge in [-0.2, -0.15) is 0 Å². The lowest BCUT2D eigenvalue weighted by Crippen LogP contribution is -2.22. The van der Waals surface area contributed by atoms with Crippen LogP contribution in [0.2, 0.25) is 10.0 Å². The first-order chi connectivity index (χ1) is 9.51. The maximum Gasteiger partial charge on any atom is 0.239 e. The Morgan fingerprint density at radius 1 is 1.50 bits per heavy atom. The number of halogens is 3. The highest BCUT2D eigenvalue weighted by atomic mass is 79.9. The Morgan fingerprint density at radius 3 is 2.95 bits per heavy atom. The second kappa shape index (κ2) is 7.07. The van der Waals surface area contributed by atoms with Crippen LogP contribution in [0.3, 0.4) is 0 Å². The zero-order valence-corrected chi connectivity index (χ0v) is 14.7. The van der Waals surface area contributed by atoms with Crippen molar-refractivity contribution < 1.29 is 4.79 Å². The van der Waals surface area contributed by atoms with E-state index < -0.39 is 0 Å². The number of aromatic nitrogens is 1. The van der Waals surface area contributed by atoms with Crippen molar-refractivity contribution in [1.82, 2.24) is 4.98 Å². The highest BCUT2D eigenvalue weighted by molar-refractivity contribution is 9.10. The number of unbranched alkanes of at least 4 members (excludes halogenated alkanes) is 1. The van der Waals surface area contributed by atoms with Crippen molar-refractivity contribution in [2.75, 3.05) is 5.32 Å². The van der Waals surface area contributed by atoms with Crippen LogP contribution in [0.15, 0.2) is 12.1 Å². The summed E-state index contributed by atoms with van der Waals surface area (Å²) in [5.41, 5.74) is 0.663. The highest BCUT2D eigenvalue weighted by Crippen LogP contribution is 2.33.